The molecule has 218 valence electrons. The first-order valence-corrected chi connectivity index (χ1v) is 14.5. The maximum atomic E-state index is 12.7. The van der Waals surface area contributed by atoms with Crippen LogP contribution in [0.2, 0.25) is 0 Å². The van der Waals surface area contributed by atoms with Crippen LogP contribution < -0.4 is 9.64 Å². The normalized spacial score (nSPS) is 15.2. The number of alkyl halides is 3. The number of para-hydroxylation sites is 1. The zero-order chi connectivity index (χ0) is 30.3. The molecule has 3 aromatic carbocycles. The van der Waals surface area contributed by atoms with Crippen LogP contribution in [0.5, 0.6) is 5.75 Å². The first kappa shape index (κ1) is 28.5. The Bertz CT molecular complexity index is 1910. The lowest BCUT2D eigenvalue weighted by Crippen LogP contribution is -2.30. The lowest BCUT2D eigenvalue weighted by Gasteiger charge is -2.20. The number of halogens is 3. The highest BCUT2D eigenvalue weighted by Gasteiger charge is 2.32. The van der Waals surface area contributed by atoms with Gasteiger partial charge in [0.05, 0.1) is 29.0 Å². The van der Waals surface area contributed by atoms with Crippen molar-refractivity contribution in [3.63, 3.8) is 0 Å². The molecule has 0 N–H and O–H groups in total. The van der Waals surface area contributed by atoms with Gasteiger partial charge >= 0.3 is 6.36 Å². The largest absolute Gasteiger partial charge is 0.573 e. The van der Waals surface area contributed by atoms with Gasteiger partial charge in [-0.15, -0.1) is 18.3 Å². The lowest BCUT2D eigenvalue weighted by atomic mass is 10.0. The number of amides is 1. The van der Waals surface area contributed by atoms with E-state index in [1.807, 2.05) is 66.1 Å². The Morgan fingerprint density at radius 2 is 1.81 bits per heavy atom. The molecule has 5 aromatic rings. The van der Waals surface area contributed by atoms with Crippen LogP contribution >= 0.6 is 11.8 Å². The van der Waals surface area contributed by atoms with Gasteiger partial charge in [0.25, 0.3) is 0 Å². The number of benzene rings is 3. The van der Waals surface area contributed by atoms with Gasteiger partial charge in [-0.25, -0.2) is 4.98 Å². The number of carbonyl (C=O) groups excluding carboxylic acids is 1. The summed E-state index contributed by atoms with van der Waals surface area (Å²) in [5, 5.41) is 11.1. The SMILES string of the molecule is Cc1nc2c3ccc(/C=N/N=C4\SCC(=O)N4c4ccccc4C(C)C)cc3ccn2c1-c1ccc(OC(F)(F)F)cc1. The van der Waals surface area contributed by atoms with E-state index in [9.17, 15) is 18.0 Å². The summed E-state index contributed by atoms with van der Waals surface area (Å²) in [5.41, 5.74) is 5.69. The summed E-state index contributed by atoms with van der Waals surface area (Å²) >= 11 is 1.36. The Morgan fingerprint density at radius 3 is 2.56 bits per heavy atom. The second-order valence-electron chi connectivity index (χ2n) is 10.3. The fraction of sp³-hybridized carbons (Fsp3) is 0.188. The number of hydrogen-bond donors (Lipinski definition) is 0. The average Bonchev–Trinajstić information content (AvgIpc) is 3.51. The highest BCUT2D eigenvalue weighted by atomic mass is 32.2. The predicted octanol–water partition coefficient (Wildman–Crippen LogP) is 7.95. The fourth-order valence-corrected chi connectivity index (χ4v) is 6.01. The molecule has 1 aliphatic heterocycles. The third-order valence-electron chi connectivity index (χ3n) is 7.08. The Balaban J connectivity index is 1.28. The molecule has 0 bridgehead atoms. The molecule has 1 fully saturated rings. The molecule has 2 aromatic heterocycles. The zero-order valence-electron chi connectivity index (χ0n) is 23.5. The van der Waals surface area contributed by atoms with Crippen LogP contribution in [-0.4, -0.2) is 38.8 Å². The van der Waals surface area contributed by atoms with Crippen LogP contribution in [0.25, 0.3) is 27.7 Å². The van der Waals surface area contributed by atoms with E-state index in [2.05, 4.69) is 28.8 Å². The summed E-state index contributed by atoms with van der Waals surface area (Å²) in [7, 11) is 0. The molecule has 43 heavy (non-hydrogen) atoms. The summed E-state index contributed by atoms with van der Waals surface area (Å²) in [6, 6.07) is 21.4. The van der Waals surface area contributed by atoms with E-state index in [0.717, 1.165) is 50.2 Å². The van der Waals surface area contributed by atoms with E-state index in [0.29, 0.717) is 10.9 Å². The van der Waals surface area contributed by atoms with Crippen LogP contribution in [0.1, 0.15) is 36.6 Å². The Hall–Kier alpha value is -4.64. The number of ether oxygens (including phenoxy) is 1. The van der Waals surface area contributed by atoms with E-state index in [4.69, 9.17) is 4.98 Å². The van der Waals surface area contributed by atoms with Gasteiger partial charge in [-0.3, -0.25) is 14.1 Å². The van der Waals surface area contributed by atoms with E-state index < -0.39 is 6.36 Å². The molecule has 6 rings (SSSR count). The van der Waals surface area contributed by atoms with E-state index in [-0.39, 0.29) is 17.6 Å². The number of aryl methyl sites for hydroxylation is 1. The minimum atomic E-state index is -4.75. The maximum Gasteiger partial charge on any atom is 0.573 e. The molecule has 1 saturated heterocycles. The van der Waals surface area contributed by atoms with E-state index in [1.54, 1.807) is 23.2 Å². The molecule has 0 aliphatic carbocycles. The van der Waals surface area contributed by atoms with Gasteiger partial charge in [-0.1, -0.05) is 49.9 Å². The van der Waals surface area contributed by atoms with Crippen molar-refractivity contribution in [2.45, 2.75) is 33.1 Å². The first-order valence-electron chi connectivity index (χ1n) is 13.5. The van der Waals surface area contributed by atoms with Crippen molar-refractivity contribution in [1.82, 2.24) is 9.38 Å². The monoisotopic (exact) mass is 601 g/mol. The highest BCUT2D eigenvalue weighted by molar-refractivity contribution is 8.15. The molecular formula is C32H26F3N5O2S. The molecule has 1 amide bonds. The summed E-state index contributed by atoms with van der Waals surface area (Å²) < 4.78 is 43.6. The van der Waals surface area contributed by atoms with Gasteiger partial charge in [0.15, 0.2) is 5.17 Å². The highest BCUT2D eigenvalue weighted by Crippen LogP contribution is 2.34. The number of fused-ring (bicyclic) bond motifs is 3. The standard InChI is InChI=1S/C32H26F3N5O2S/c1-19(2)25-6-4-5-7-27(25)40-28(41)18-43-31(40)38-36-17-21-8-13-26-23(16-21)14-15-39-29(20(3)37-30(26)39)22-9-11-24(12-10-22)42-32(33,34)35/h4-17,19H,18H2,1-3H3/b36-17+,38-31-. The number of pyridine rings is 1. The lowest BCUT2D eigenvalue weighted by molar-refractivity contribution is -0.274. The summed E-state index contributed by atoms with van der Waals surface area (Å²) in [6.07, 6.45) is -1.21. The Morgan fingerprint density at radius 1 is 1.05 bits per heavy atom. The Kier molecular flexibility index (Phi) is 7.43. The van der Waals surface area contributed by atoms with Crippen molar-refractivity contribution in [2.24, 2.45) is 10.2 Å². The van der Waals surface area contributed by atoms with E-state index >= 15 is 0 Å². The van der Waals surface area contributed by atoms with Crippen LogP contribution in [0.3, 0.4) is 0 Å². The third-order valence-corrected chi connectivity index (χ3v) is 8.00. The van der Waals surface area contributed by atoms with Gasteiger partial charge in [0.2, 0.25) is 5.91 Å². The number of amidine groups is 1. The number of nitrogens with zero attached hydrogens (tertiary/aromatic N) is 5. The van der Waals surface area contributed by atoms with Crippen molar-refractivity contribution in [3.8, 4) is 17.0 Å². The second-order valence-corrected chi connectivity index (χ2v) is 11.3. The number of aromatic nitrogens is 2. The molecule has 0 unspecified atom stereocenters. The first-order chi connectivity index (χ1) is 20.6. The minimum absolute atomic E-state index is 0.0262. The molecule has 0 atom stereocenters. The van der Waals surface area contributed by atoms with Crippen LogP contribution in [0.4, 0.5) is 18.9 Å². The van der Waals surface area contributed by atoms with E-state index in [1.165, 1.54) is 23.9 Å². The number of anilines is 1. The molecule has 3 heterocycles. The fourth-order valence-electron chi connectivity index (χ4n) is 5.20. The quantitative estimate of drug-likeness (QED) is 0.146. The average molecular weight is 602 g/mol. The van der Waals surface area contributed by atoms with Crippen LogP contribution in [0.15, 0.2) is 89.2 Å². The topological polar surface area (TPSA) is 71.6 Å². The second kappa shape index (κ2) is 11.2. The number of hydrogen-bond acceptors (Lipinski definition) is 6. The zero-order valence-corrected chi connectivity index (χ0v) is 24.3. The van der Waals surface area contributed by atoms with Crippen molar-refractivity contribution >= 4 is 51.2 Å². The van der Waals surface area contributed by atoms with Gasteiger partial charge in [0.1, 0.15) is 11.4 Å². The number of rotatable bonds is 6. The minimum Gasteiger partial charge on any atom is -0.406 e. The predicted molar refractivity (Wildman–Crippen MR) is 165 cm³/mol. The third kappa shape index (κ3) is 5.72. The van der Waals surface area contributed by atoms with Crippen molar-refractivity contribution in [3.05, 3.63) is 95.8 Å². The van der Waals surface area contributed by atoms with Gasteiger partial charge in [-0.05, 0) is 77.9 Å². The van der Waals surface area contributed by atoms with Crippen LogP contribution in [-0.2, 0) is 4.79 Å². The summed E-state index contributed by atoms with van der Waals surface area (Å²) in [6.45, 7) is 6.05. The van der Waals surface area contributed by atoms with Gasteiger partial charge in [0, 0.05) is 17.1 Å². The van der Waals surface area contributed by atoms with Crippen molar-refractivity contribution < 1.29 is 22.7 Å². The Labute approximate surface area is 249 Å². The summed E-state index contributed by atoms with van der Waals surface area (Å²) in [5.74, 6) is 0.251. The van der Waals surface area contributed by atoms with Crippen molar-refractivity contribution in [1.29, 1.82) is 0 Å². The molecule has 1 aliphatic rings. The molecular weight excluding hydrogens is 575 g/mol. The number of carbonyl (C=O) groups is 1. The summed E-state index contributed by atoms with van der Waals surface area (Å²) in [4.78, 5) is 19.2. The molecule has 0 saturated carbocycles. The molecule has 0 radical (unpaired) electrons. The van der Waals surface area contributed by atoms with Gasteiger partial charge < -0.3 is 4.74 Å². The molecule has 0 spiro atoms. The maximum absolute atomic E-state index is 12.7. The van der Waals surface area contributed by atoms with Crippen LogP contribution in [0, 0.1) is 6.92 Å². The smallest absolute Gasteiger partial charge is 0.406 e. The van der Waals surface area contributed by atoms with Gasteiger partial charge in [-0.2, -0.15) is 5.10 Å². The molecule has 11 heteroatoms. The number of imidazole rings is 1. The van der Waals surface area contributed by atoms with Crippen molar-refractivity contribution in [2.75, 3.05) is 10.7 Å². The molecule has 7 nitrogen and oxygen atoms in total. The number of thioether (sulfide) groups is 1.